The first kappa shape index (κ1) is 22.0. The maximum absolute atomic E-state index is 13.3. The predicted octanol–water partition coefficient (Wildman–Crippen LogP) is 3.36. The molecule has 0 saturated carbocycles. The van der Waals surface area contributed by atoms with Crippen LogP contribution < -0.4 is 9.62 Å². The van der Waals surface area contributed by atoms with Crippen molar-refractivity contribution in [2.24, 2.45) is 0 Å². The molecule has 9 heteroatoms. The number of rotatable bonds is 9. The average molecular weight is 491 g/mol. The van der Waals surface area contributed by atoms with Crippen molar-refractivity contribution in [2.45, 2.75) is 24.8 Å². The molecule has 3 aromatic rings. The van der Waals surface area contributed by atoms with Crippen LogP contribution in [0.3, 0.4) is 0 Å². The molecule has 2 aromatic carbocycles. The number of nitrogens with zero attached hydrogens (tertiary/aromatic N) is 3. The first-order valence-corrected chi connectivity index (χ1v) is 11.7. The zero-order valence-corrected chi connectivity index (χ0v) is 18.9. The standard InChI is InChI=1S/C21H23BrN4O3S/c1-17-6-8-20(9-7-17)30(28,29)26(19-5-2-4-18(22)14-19)15-21(27)24-10-3-12-25-13-11-23-16-25/h2,4-9,11,13-14,16H,3,10,12,15H2,1H3,(H,24,27). The maximum Gasteiger partial charge on any atom is 0.264 e. The molecule has 0 bridgehead atoms. The van der Waals surface area contributed by atoms with Crippen LogP contribution in [0.2, 0.25) is 0 Å². The average Bonchev–Trinajstić information content (AvgIpc) is 3.23. The number of sulfonamides is 1. The van der Waals surface area contributed by atoms with E-state index in [1.54, 1.807) is 61.1 Å². The van der Waals surface area contributed by atoms with Gasteiger partial charge in [-0.3, -0.25) is 9.10 Å². The van der Waals surface area contributed by atoms with Crippen LogP contribution in [0.4, 0.5) is 5.69 Å². The van der Waals surface area contributed by atoms with E-state index in [-0.39, 0.29) is 17.3 Å². The van der Waals surface area contributed by atoms with Crippen LogP contribution in [-0.2, 0) is 21.4 Å². The van der Waals surface area contributed by atoms with Gasteiger partial charge in [-0.1, -0.05) is 39.7 Å². The first-order valence-electron chi connectivity index (χ1n) is 9.44. The lowest BCUT2D eigenvalue weighted by atomic mass is 10.2. The van der Waals surface area contributed by atoms with Gasteiger partial charge in [0, 0.05) is 30.0 Å². The second-order valence-corrected chi connectivity index (χ2v) is 9.59. The number of amides is 1. The molecule has 0 spiro atoms. The Kier molecular flexibility index (Phi) is 7.28. The number of hydrogen-bond donors (Lipinski definition) is 1. The maximum atomic E-state index is 13.3. The summed E-state index contributed by atoms with van der Waals surface area (Å²) in [5.74, 6) is -0.365. The fourth-order valence-corrected chi connectivity index (χ4v) is 4.68. The zero-order chi connectivity index (χ0) is 21.6. The Morgan fingerprint density at radius 3 is 2.63 bits per heavy atom. The summed E-state index contributed by atoms with van der Waals surface area (Å²) >= 11 is 3.37. The normalized spacial score (nSPS) is 11.3. The van der Waals surface area contributed by atoms with Gasteiger partial charge in [0.15, 0.2) is 0 Å². The molecule has 0 aliphatic carbocycles. The Morgan fingerprint density at radius 2 is 1.97 bits per heavy atom. The van der Waals surface area contributed by atoms with Gasteiger partial charge in [0.25, 0.3) is 10.0 Å². The molecule has 0 aliphatic heterocycles. The molecule has 7 nitrogen and oxygen atoms in total. The molecule has 1 aromatic heterocycles. The summed E-state index contributed by atoms with van der Waals surface area (Å²) in [5, 5.41) is 2.80. The number of aromatic nitrogens is 2. The van der Waals surface area contributed by atoms with Crippen LogP contribution in [-0.4, -0.2) is 37.0 Å². The molecule has 1 amide bonds. The summed E-state index contributed by atoms with van der Waals surface area (Å²) in [4.78, 5) is 16.7. The van der Waals surface area contributed by atoms with E-state index >= 15 is 0 Å². The molecular formula is C21H23BrN4O3S. The van der Waals surface area contributed by atoms with E-state index in [1.807, 2.05) is 17.7 Å². The highest BCUT2D eigenvalue weighted by Gasteiger charge is 2.27. The monoisotopic (exact) mass is 490 g/mol. The molecule has 1 heterocycles. The summed E-state index contributed by atoms with van der Waals surface area (Å²) in [7, 11) is -3.91. The van der Waals surface area contributed by atoms with E-state index in [1.165, 1.54) is 0 Å². The third kappa shape index (κ3) is 5.70. The SMILES string of the molecule is Cc1ccc(S(=O)(=O)N(CC(=O)NCCCn2ccnc2)c2cccc(Br)c2)cc1. The van der Waals surface area contributed by atoms with Crippen molar-refractivity contribution < 1.29 is 13.2 Å². The minimum atomic E-state index is -3.91. The van der Waals surface area contributed by atoms with Gasteiger partial charge in [-0.25, -0.2) is 13.4 Å². The number of benzene rings is 2. The number of anilines is 1. The second-order valence-electron chi connectivity index (χ2n) is 6.81. The zero-order valence-electron chi connectivity index (χ0n) is 16.5. The minimum absolute atomic E-state index is 0.140. The van der Waals surface area contributed by atoms with E-state index in [2.05, 4.69) is 26.2 Å². The van der Waals surface area contributed by atoms with Gasteiger partial charge in [0.2, 0.25) is 5.91 Å². The number of carbonyl (C=O) groups is 1. The Labute approximate surface area is 184 Å². The number of hydrogen-bond acceptors (Lipinski definition) is 4. The van der Waals surface area contributed by atoms with E-state index in [9.17, 15) is 13.2 Å². The minimum Gasteiger partial charge on any atom is -0.354 e. The summed E-state index contributed by atoms with van der Waals surface area (Å²) in [6.07, 6.45) is 5.98. The topological polar surface area (TPSA) is 84.3 Å². The predicted molar refractivity (Wildman–Crippen MR) is 120 cm³/mol. The first-order chi connectivity index (χ1) is 14.4. The van der Waals surface area contributed by atoms with Crippen molar-refractivity contribution in [2.75, 3.05) is 17.4 Å². The Bertz CT molecular complexity index is 1080. The molecule has 30 heavy (non-hydrogen) atoms. The van der Waals surface area contributed by atoms with Gasteiger partial charge in [-0.15, -0.1) is 0 Å². The molecule has 3 rings (SSSR count). The van der Waals surface area contributed by atoms with Crippen molar-refractivity contribution >= 4 is 37.5 Å². The summed E-state index contributed by atoms with van der Waals surface area (Å²) < 4.78 is 30.4. The number of imidazole rings is 1. The van der Waals surface area contributed by atoms with E-state index in [0.29, 0.717) is 18.7 Å². The van der Waals surface area contributed by atoms with Gasteiger partial charge < -0.3 is 9.88 Å². The third-order valence-corrected chi connectivity index (χ3v) is 6.75. The molecular weight excluding hydrogens is 468 g/mol. The number of halogens is 1. The molecule has 0 aliphatic rings. The third-order valence-electron chi connectivity index (χ3n) is 4.47. The number of nitrogens with one attached hydrogen (secondary N) is 1. The van der Waals surface area contributed by atoms with Gasteiger partial charge in [0.05, 0.1) is 16.9 Å². The van der Waals surface area contributed by atoms with Gasteiger partial charge in [-0.05, 0) is 43.7 Å². The molecule has 158 valence electrons. The molecule has 1 N–H and O–H groups in total. The van der Waals surface area contributed by atoms with Crippen LogP contribution in [0.1, 0.15) is 12.0 Å². The molecule has 0 fully saturated rings. The van der Waals surface area contributed by atoms with Crippen LogP contribution in [0.25, 0.3) is 0 Å². The smallest absolute Gasteiger partial charge is 0.264 e. The van der Waals surface area contributed by atoms with E-state index in [4.69, 9.17) is 0 Å². The van der Waals surface area contributed by atoms with Crippen molar-refractivity contribution in [1.29, 1.82) is 0 Å². The largest absolute Gasteiger partial charge is 0.354 e. The van der Waals surface area contributed by atoms with Gasteiger partial charge in [0.1, 0.15) is 6.54 Å². The molecule has 0 atom stereocenters. The molecule has 0 unspecified atom stereocenters. The quantitative estimate of drug-likeness (QED) is 0.466. The Balaban J connectivity index is 1.74. The van der Waals surface area contributed by atoms with Crippen LogP contribution >= 0.6 is 15.9 Å². The number of aryl methyl sites for hydroxylation is 2. The lowest BCUT2D eigenvalue weighted by Gasteiger charge is -2.24. The Morgan fingerprint density at radius 1 is 1.20 bits per heavy atom. The van der Waals surface area contributed by atoms with Crippen LogP contribution in [0.15, 0.2) is 76.6 Å². The van der Waals surface area contributed by atoms with Crippen molar-refractivity contribution in [3.63, 3.8) is 0 Å². The molecule has 0 saturated heterocycles. The van der Waals surface area contributed by atoms with Gasteiger partial charge in [-0.2, -0.15) is 0 Å². The van der Waals surface area contributed by atoms with Gasteiger partial charge >= 0.3 is 0 Å². The summed E-state index contributed by atoms with van der Waals surface area (Å²) in [6.45, 7) is 2.74. The Hall–Kier alpha value is -2.65. The van der Waals surface area contributed by atoms with Crippen molar-refractivity contribution in [3.05, 3.63) is 77.3 Å². The lowest BCUT2D eigenvalue weighted by Crippen LogP contribution is -2.41. The number of carbonyl (C=O) groups excluding carboxylic acids is 1. The summed E-state index contributed by atoms with van der Waals surface area (Å²) in [5.41, 5.74) is 1.37. The van der Waals surface area contributed by atoms with Crippen molar-refractivity contribution in [3.8, 4) is 0 Å². The summed E-state index contributed by atoms with van der Waals surface area (Å²) in [6, 6.07) is 13.5. The van der Waals surface area contributed by atoms with Crippen molar-refractivity contribution in [1.82, 2.24) is 14.9 Å². The fourth-order valence-electron chi connectivity index (χ4n) is 2.88. The van der Waals surface area contributed by atoms with Crippen LogP contribution in [0, 0.1) is 6.92 Å². The van der Waals surface area contributed by atoms with E-state index < -0.39 is 10.0 Å². The lowest BCUT2D eigenvalue weighted by molar-refractivity contribution is -0.119. The second kappa shape index (κ2) is 9.90. The highest BCUT2D eigenvalue weighted by Crippen LogP contribution is 2.26. The fraction of sp³-hybridized carbons (Fsp3) is 0.238. The van der Waals surface area contributed by atoms with Crippen LogP contribution in [0.5, 0.6) is 0 Å². The highest BCUT2D eigenvalue weighted by molar-refractivity contribution is 9.10. The molecule has 0 radical (unpaired) electrons. The van der Waals surface area contributed by atoms with E-state index in [0.717, 1.165) is 20.9 Å². The highest BCUT2D eigenvalue weighted by atomic mass is 79.9.